The number of esters is 1. The maximum Gasteiger partial charge on any atom is 0.339 e. The highest BCUT2D eigenvalue weighted by Gasteiger charge is 2.18. The molecule has 0 aliphatic carbocycles. The average Bonchev–Trinajstić information content (AvgIpc) is 2.66. The third kappa shape index (κ3) is 3.72. The van der Waals surface area contributed by atoms with Crippen molar-refractivity contribution >= 4 is 28.5 Å². The first-order chi connectivity index (χ1) is 12.6. The molecule has 1 aromatic heterocycles. The molecule has 0 saturated carbocycles. The van der Waals surface area contributed by atoms with Crippen molar-refractivity contribution in [1.29, 1.82) is 0 Å². The molecule has 5 heteroatoms. The molecule has 1 heterocycles. The van der Waals surface area contributed by atoms with Crippen LogP contribution in [0.25, 0.3) is 10.9 Å². The Kier molecular flexibility index (Phi) is 5.27. The number of aryl methyl sites for hydroxylation is 1. The number of nitrogens with zero attached hydrogens (tertiary/aromatic N) is 2. The number of hydrogen-bond acceptors (Lipinski definition) is 4. The Morgan fingerprint density at radius 3 is 2.46 bits per heavy atom. The van der Waals surface area contributed by atoms with Gasteiger partial charge in [-0.05, 0) is 38.1 Å². The second kappa shape index (κ2) is 7.78. The topological polar surface area (TPSA) is 59.5 Å². The molecule has 2 aromatic carbocycles. The molecule has 0 radical (unpaired) electrons. The summed E-state index contributed by atoms with van der Waals surface area (Å²) in [6.45, 7) is 3.89. The molecule has 0 fully saturated rings. The smallest absolute Gasteiger partial charge is 0.339 e. The molecule has 1 amide bonds. The number of aromatic nitrogens is 1. The molecule has 0 aliphatic rings. The van der Waals surface area contributed by atoms with Crippen LogP contribution in [0.5, 0.6) is 0 Å². The van der Waals surface area contributed by atoms with Gasteiger partial charge in [-0.15, -0.1) is 0 Å². The van der Waals surface area contributed by atoms with Crippen LogP contribution in [0.3, 0.4) is 0 Å². The number of para-hydroxylation sites is 2. The number of anilines is 1. The fourth-order valence-corrected chi connectivity index (χ4v) is 2.87. The molecular formula is C21H20N2O3. The van der Waals surface area contributed by atoms with Crippen molar-refractivity contribution in [2.45, 2.75) is 13.8 Å². The van der Waals surface area contributed by atoms with Crippen molar-refractivity contribution < 1.29 is 14.3 Å². The molecular weight excluding hydrogens is 328 g/mol. The van der Waals surface area contributed by atoms with E-state index in [-0.39, 0.29) is 12.5 Å². The number of rotatable bonds is 5. The lowest BCUT2D eigenvalue weighted by Gasteiger charge is -2.20. The number of ether oxygens (including phenoxy) is 1. The molecule has 5 nitrogen and oxygen atoms in total. The van der Waals surface area contributed by atoms with Crippen LogP contribution >= 0.6 is 0 Å². The third-order valence-corrected chi connectivity index (χ3v) is 4.08. The zero-order valence-electron chi connectivity index (χ0n) is 14.8. The monoisotopic (exact) mass is 348 g/mol. The number of fused-ring (bicyclic) bond motifs is 1. The summed E-state index contributed by atoms with van der Waals surface area (Å²) in [5.74, 6) is -0.786. The maximum atomic E-state index is 12.5. The standard InChI is InChI=1S/C21H20N2O3/c1-3-23(16-9-5-4-6-10-16)20(24)14-26-21(25)18-13-15(2)22-19-12-8-7-11-17(18)19/h4-13H,3,14H2,1-2H3. The molecule has 0 N–H and O–H groups in total. The summed E-state index contributed by atoms with van der Waals surface area (Å²) in [7, 11) is 0. The molecule has 3 rings (SSSR count). The van der Waals surface area contributed by atoms with Crippen molar-refractivity contribution in [3.63, 3.8) is 0 Å². The summed E-state index contributed by atoms with van der Waals surface area (Å²) in [4.78, 5) is 31.0. The lowest BCUT2D eigenvalue weighted by Crippen LogP contribution is -2.34. The van der Waals surface area contributed by atoms with E-state index >= 15 is 0 Å². The number of benzene rings is 2. The molecule has 0 aliphatic heterocycles. The lowest BCUT2D eigenvalue weighted by molar-refractivity contribution is -0.121. The highest BCUT2D eigenvalue weighted by molar-refractivity contribution is 6.04. The summed E-state index contributed by atoms with van der Waals surface area (Å²) in [6, 6.07) is 18.4. The van der Waals surface area contributed by atoms with Crippen molar-refractivity contribution in [2.24, 2.45) is 0 Å². The normalized spacial score (nSPS) is 10.5. The molecule has 26 heavy (non-hydrogen) atoms. The predicted octanol–water partition coefficient (Wildman–Crippen LogP) is 3.75. The summed E-state index contributed by atoms with van der Waals surface area (Å²) in [5, 5.41) is 0.714. The zero-order valence-corrected chi connectivity index (χ0v) is 14.8. The van der Waals surface area contributed by atoms with Gasteiger partial charge in [-0.2, -0.15) is 0 Å². The fraction of sp³-hybridized carbons (Fsp3) is 0.190. The number of pyridine rings is 1. The summed E-state index contributed by atoms with van der Waals surface area (Å²) < 4.78 is 5.30. The Balaban J connectivity index is 1.76. The molecule has 0 spiro atoms. The van der Waals surface area contributed by atoms with E-state index in [1.54, 1.807) is 11.0 Å². The van der Waals surface area contributed by atoms with E-state index in [2.05, 4.69) is 4.98 Å². The summed E-state index contributed by atoms with van der Waals surface area (Å²) in [5.41, 5.74) is 2.65. The zero-order chi connectivity index (χ0) is 18.5. The fourth-order valence-electron chi connectivity index (χ4n) is 2.87. The van der Waals surface area contributed by atoms with Crippen molar-refractivity contribution in [2.75, 3.05) is 18.1 Å². The van der Waals surface area contributed by atoms with Gasteiger partial charge in [-0.3, -0.25) is 9.78 Å². The highest BCUT2D eigenvalue weighted by Crippen LogP contribution is 2.19. The first-order valence-corrected chi connectivity index (χ1v) is 8.49. The minimum absolute atomic E-state index is 0.262. The van der Waals surface area contributed by atoms with Gasteiger partial charge in [0, 0.05) is 23.3 Å². The largest absolute Gasteiger partial charge is 0.452 e. The van der Waals surface area contributed by atoms with Gasteiger partial charge < -0.3 is 9.64 Å². The number of likely N-dealkylation sites (N-methyl/N-ethyl adjacent to an activating group) is 1. The number of carbonyl (C=O) groups excluding carboxylic acids is 2. The van der Waals surface area contributed by atoms with Crippen molar-refractivity contribution in [3.8, 4) is 0 Å². The van der Waals surface area contributed by atoms with Gasteiger partial charge in [0.2, 0.25) is 0 Å². The molecule has 0 atom stereocenters. The number of carbonyl (C=O) groups is 2. The molecule has 3 aromatic rings. The third-order valence-electron chi connectivity index (χ3n) is 4.08. The molecule has 132 valence electrons. The van der Waals surface area contributed by atoms with E-state index in [9.17, 15) is 9.59 Å². The molecule has 0 unspecified atom stereocenters. The molecule has 0 saturated heterocycles. The minimum Gasteiger partial charge on any atom is -0.452 e. The quantitative estimate of drug-likeness (QED) is 0.659. The van der Waals surface area contributed by atoms with E-state index in [4.69, 9.17) is 4.74 Å². The SMILES string of the molecule is CCN(C(=O)COC(=O)c1cc(C)nc2ccccc12)c1ccccc1. The van der Waals surface area contributed by atoms with Gasteiger partial charge in [-0.1, -0.05) is 36.4 Å². The maximum absolute atomic E-state index is 12.5. The van der Waals surface area contributed by atoms with Crippen molar-refractivity contribution in [1.82, 2.24) is 4.98 Å². The first kappa shape index (κ1) is 17.6. The van der Waals surface area contributed by atoms with Crippen LogP contribution < -0.4 is 4.90 Å². The van der Waals surface area contributed by atoms with Gasteiger partial charge in [-0.25, -0.2) is 4.79 Å². The van der Waals surface area contributed by atoms with Gasteiger partial charge in [0.25, 0.3) is 5.91 Å². The second-order valence-electron chi connectivity index (χ2n) is 5.88. The van der Waals surface area contributed by atoms with Crippen LogP contribution in [0, 0.1) is 6.92 Å². The molecule has 0 bridgehead atoms. The summed E-state index contributed by atoms with van der Waals surface area (Å²) >= 11 is 0. The number of amides is 1. The van der Waals surface area contributed by atoms with E-state index in [0.717, 1.165) is 16.9 Å². The van der Waals surface area contributed by atoms with Crippen LogP contribution in [0.4, 0.5) is 5.69 Å². The van der Waals surface area contributed by atoms with Crippen LogP contribution in [0.1, 0.15) is 23.0 Å². The van der Waals surface area contributed by atoms with Gasteiger partial charge in [0.05, 0.1) is 11.1 Å². The van der Waals surface area contributed by atoms with Crippen LogP contribution in [0.15, 0.2) is 60.7 Å². The Labute approximate surface area is 152 Å². The van der Waals surface area contributed by atoms with Crippen LogP contribution in [-0.2, 0) is 9.53 Å². The first-order valence-electron chi connectivity index (χ1n) is 8.49. The Bertz CT molecular complexity index is 938. The predicted molar refractivity (Wildman–Crippen MR) is 101 cm³/mol. The summed E-state index contributed by atoms with van der Waals surface area (Å²) in [6.07, 6.45) is 0. The van der Waals surface area contributed by atoms with Gasteiger partial charge in [0.1, 0.15) is 0 Å². The Hall–Kier alpha value is -3.21. The van der Waals surface area contributed by atoms with E-state index < -0.39 is 5.97 Å². The minimum atomic E-state index is -0.524. The second-order valence-corrected chi connectivity index (χ2v) is 5.88. The van der Waals surface area contributed by atoms with Crippen LogP contribution in [-0.4, -0.2) is 30.0 Å². The highest BCUT2D eigenvalue weighted by atomic mass is 16.5. The van der Waals surface area contributed by atoms with Gasteiger partial charge >= 0.3 is 5.97 Å². The van der Waals surface area contributed by atoms with E-state index in [0.29, 0.717) is 17.5 Å². The number of hydrogen-bond donors (Lipinski definition) is 0. The van der Waals surface area contributed by atoms with Crippen molar-refractivity contribution in [3.05, 3.63) is 71.9 Å². The van der Waals surface area contributed by atoms with Gasteiger partial charge in [0.15, 0.2) is 6.61 Å². The van der Waals surface area contributed by atoms with Crippen LogP contribution in [0.2, 0.25) is 0 Å². The van der Waals surface area contributed by atoms with E-state index in [1.165, 1.54) is 0 Å². The Morgan fingerprint density at radius 1 is 1.04 bits per heavy atom. The average molecular weight is 348 g/mol. The lowest BCUT2D eigenvalue weighted by atomic mass is 10.1. The van der Waals surface area contributed by atoms with E-state index in [1.807, 2.05) is 68.4 Å². The Morgan fingerprint density at radius 2 is 1.73 bits per heavy atom.